The van der Waals surface area contributed by atoms with Crippen LogP contribution in [0, 0.1) is 5.92 Å². The summed E-state index contributed by atoms with van der Waals surface area (Å²) in [4.78, 5) is 27.5. The molecular formula is C15H26N2O3. The molecule has 2 aliphatic heterocycles. The fourth-order valence-electron chi connectivity index (χ4n) is 3.23. The number of aliphatic carboxylic acids is 1. The largest absolute Gasteiger partial charge is 0.480 e. The second-order valence-electron chi connectivity index (χ2n) is 6.21. The highest BCUT2D eigenvalue weighted by Crippen LogP contribution is 2.24. The van der Waals surface area contributed by atoms with Crippen LogP contribution < -0.4 is 0 Å². The number of amides is 2. The van der Waals surface area contributed by atoms with Crippen LogP contribution in [-0.4, -0.2) is 52.6 Å². The normalized spacial score (nSPS) is 28.6. The van der Waals surface area contributed by atoms with Gasteiger partial charge in [0.15, 0.2) is 0 Å². The van der Waals surface area contributed by atoms with E-state index in [2.05, 4.69) is 6.92 Å². The van der Waals surface area contributed by atoms with Gasteiger partial charge in [-0.05, 0) is 31.6 Å². The van der Waals surface area contributed by atoms with E-state index < -0.39 is 12.0 Å². The molecule has 2 saturated heterocycles. The molecule has 0 aliphatic carbocycles. The monoisotopic (exact) mass is 282 g/mol. The highest BCUT2D eigenvalue weighted by Gasteiger charge is 2.36. The topological polar surface area (TPSA) is 60.9 Å². The summed E-state index contributed by atoms with van der Waals surface area (Å²) >= 11 is 0. The number of carboxylic acids is 1. The minimum Gasteiger partial charge on any atom is -0.480 e. The van der Waals surface area contributed by atoms with Crippen LogP contribution >= 0.6 is 0 Å². The Hall–Kier alpha value is -1.26. The minimum atomic E-state index is -0.864. The van der Waals surface area contributed by atoms with Gasteiger partial charge < -0.3 is 14.9 Å². The van der Waals surface area contributed by atoms with Crippen molar-refractivity contribution >= 4 is 12.0 Å². The Balaban J connectivity index is 2.03. The number of carbonyl (C=O) groups excluding carboxylic acids is 1. The molecule has 2 fully saturated rings. The van der Waals surface area contributed by atoms with Crippen molar-refractivity contribution in [1.82, 2.24) is 9.80 Å². The van der Waals surface area contributed by atoms with E-state index in [-0.39, 0.29) is 6.03 Å². The predicted octanol–water partition coefficient (Wildman–Crippen LogP) is 2.56. The smallest absolute Gasteiger partial charge is 0.326 e. The molecule has 5 heteroatoms. The number of rotatable bonds is 1. The maximum atomic E-state index is 12.6. The lowest BCUT2D eigenvalue weighted by atomic mass is 9.92. The van der Waals surface area contributed by atoms with E-state index in [9.17, 15) is 14.7 Å². The van der Waals surface area contributed by atoms with Gasteiger partial charge in [0.1, 0.15) is 6.04 Å². The Labute approximate surface area is 120 Å². The Morgan fingerprint density at radius 1 is 1.00 bits per heavy atom. The summed E-state index contributed by atoms with van der Waals surface area (Å²) in [5.74, 6) is -0.482. The SMILES string of the molecule is CC1CCN(C(=O)N2CCCCCCC2)C(C(=O)O)C1. The van der Waals surface area contributed by atoms with Crippen molar-refractivity contribution in [2.75, 3.05) is 19.6 Å². The molecule has 2 heterocycles. The lowest BCUT2D eigenvalue weighted by Crippen LogP contribution is -2.54. The van der Waals surface area contributed by atoms with Crippen molar-refractivity contribution < 1.29 is 14.7 Å². The number of carbonyl (C=O) groups is 2. The van der Waals surface area contributed by atoms with Gasteiger partial charge in [0, 0.05) is 19.6 Å². The number of likely N-dealkylation sites (tertiary alicyclic amines) is 2. The molecule has 2 rings (SSSR count). The summed E-state index contributed by atoms with van der Waals surface area (Å²) in [7, 11) is 0. The van der Waals surface area contributed by atoms with Gasteiger partial charge in [-0.3, -0.25) is 0 Å². The summed E-state index contributed by atoms with van der Waals surface area (Å²) in [6.45, 7) is 4.19. The average Bonchev–Trinajstić information content (AvgIpc) is 2.37. The van der Waals surface area contributed by atoms with Crippen LogP contribution in [0.25, 0.3) is 0 Å². The number of nitrogens with zero attached hydrogens (tertiary/aromatic N) is 2. The minimum absolute atomic E-state index is 0.0637. The molecule has 5 nitrogen and oxygen atoms in total. The third-order valence-corrected chi connectivity index (χ3v) is 4.52. The van der Waals surface area contributed by atoms with Crippen molar-refractivity contribution in [3.8, 4) is 0 Å². The van der Waals surface area contributed by atoms with Crippen LogP contribution in [0.4, 0.5) is 4.79 Å². The molecule has 1 N–H and O–H groups in total. The number of hydrogen-bond acceptors (Lipinski definition) is 2. The highest BCUT2D eigenvalue weighted by molar-refractivity contribution is 5.83. The highest BCUT2D eigenvalue weighted by atomic mass is 16.4. The summed E-state index contributed by atoms with van der Waals surface area (Å²) in [5, 5.41) is 9.36. The maximum absolute atomic E-state index is 12.6. The number of hydrogen-bond donors (Lipinski definition) is 1. The summed E-state index contributed by atoms with van der Waals surface area (Å²) in [6.07, 6.45) is 7.15. The molecule has 0 aromatic carbocycles. The quantitative estimate of drug-likeness (QED) is 0.804. The van der Waals surface area contributed by atoms with Crippen molar-refractivity contribution in [3.63, 3.8) is 0 Å². The van der Waals surface area contributed by atoms with E-state index in [1.807, 2.05) is 4.90 Å². The first kappa shape index (κ1) is 15.1. The lowest BCUT2D eigenvalue weighted by molar-refractivity contribution is -0.144. The fourth-order valence-corrected chi connectivity index (χ4v) is 3.23. The van der Waals surface area contributed by atoms with E-state index in [0.717, 1.165) is 32.4 Å². The van der Waals surface area contributed by atoms with E-state index in [0.29, 0.717) is 18.9 Å². The van der Waals surface area contributed by atoms with Gasteiger partial charge in [0.05, 0.1) is 0 Å². The standard InChI is InChI=1S/C15H26N2O3/c1-12-7-10-17(13(11-12)14(18)19)15(20)16-8-5-3-2-4-6-9-16/h12-13H,2-11H2,1H3,(H,18,19). The third kappa shape index (κ3) is 3.64. The van der Waals surface area contributed by atoms with Crippen LogP contribution in [0.2, 0.25) is 0 Å². The number of piperidine rings is 1. The second kappa shape index (κ2) is 6.95. The average molecular weight is 282 g/mol. The first-order chi connectivity index (χ1) is 9.59. The Morgan fingerprint density at radius 2 is 1.60 bits per heavy atom. The van der Waals surface area contributed by atoms with Gasteiger partial charge in [0.25, 0.3) is 0 Å². The molecule has 0 radical (unpaired) electrons. The summed E-state index contributed by atoms with van der Waals surface area (Å²) in [5.41, 5.74) is 0. The molecule has 2 atom stereocenters. The third-order valence-electron chi connectivity index (χ3n) is 4.52. The van der Waals surface area contributed by atoms with E-state index in [1.165, 1.54) is 19.3 Å². The second-order valence-corrected chi connectivity index (χ2v) is 6.21. The Bertz CT molecular complexity index is 351. The van der Waals surface area contributed by atoms with Gasteiger partial charge in [-0.15, -0.1) is 0 Å². The molecule has 2 unspecified atom stereocenters. The van der Waals surface area contributed by atoms with Crippen molar-refractivity contribution in [2.24, 2.45) is 5.92 Å². The molecule has 0 aromatic heterocycles. The van der Waals surface area contributed by atoms with Gasteiger partial charge in [-0.25, -0.2) is 9.59 Å². The van der Waals surface area contributed by atoms with Crippen LogP contribution in [-0.2, 0) is 4.79 Å². The molecular weight excluding hydrogens is 256 g/mol. The van der Waals surface area contributed by atoms with E-state index in [1.54, 1.807) is 4.90 Å². The van der Waals surface area contributed by atoms with Gasteiger partial charge in [-0.1, -0.05) is 26.2 Å². The van der Waals surface area contributed by atoms with Gasteiger partial charge in [-0.2, -0.15) is 0 Å². The molecule has 114 valence electrons. The molecule has 20 heavy (non-hydrogen) atoms. The molecule has 0 spiro atoms. The van der Waals surface area contributed by atoms with Crippen molar-refractivity contribution in [1.29, 1.82) is 0 Å². The van der Waals surface area contributed by atoms with E-state index in [4.69, 9.17) is 0 Å². The Morgan fingerprint density at radius 3 is 2.20 bits per heavy atom. The maximum Gasteiger partial charge on any atom is 0.326 e. The van der Waals surface area contributed by atoms with Crippen LogP contribution in [0.3, 0.4) is 0 Å². The van der Waals surface area contributed by atoms with Crippen LogP contribution in [0.5, 0.6) is 0 Å². The predicted molar refractivity (Wildman–Crippen MR) is 76.6 cm³/mol. The van der Waals surface area contributed by atoms with Gasteiger partial charge in [0.2, 0.25) is 0 Å². The van der Waals surface area contributed by atoms with E-state index >= 15 is 0 Å². The summed E-state index contributed by atoms with van der Waals surface area (Å²) < 4.78 is 0. The zero-order valence-electron chi connectivity index (χ0n) is 12.4. The molecule has 2 aliphatic rings. The van der Waals surface area contributed by atoms with Crippen LogP contribution in [0.1, 0.15) is 51.9 Å². The first-order valence-corrected chi connectivity index (χ1v) is 7.88. The van der Waals surface area contributed by atoms with Gasteiger partial charge >= 0.3 is 12.0 Å². The molecule has 0 bridgehead atoms. The molecule has 2 amide bonds. The zero-order valence-corrected chi connectivity index (χ0v) is 12.4. The molecule has 0 saturated carbocycles. The fraction of sp³-hybridized carbons (Fsp3) is 0.867. The Kier molecular flexibility index (Phi) is 5.26. The molecule has 0 aromatic rings. The first-order valence-electron chi connectivity index (χ1n) is 7.88. The van der Waals surface area contributed by atoms with Crippen molar-refractivity contribution in [3.05, 3.63) is 0 Å². The summed E-state index contributed by atoms with van der Waals surface area (Å²) in [6, 6.07) is -0.706. The zero-order chi connectivity index (χ0) is 14.5. The van der Waals surface area contributed by atoms with Crippen molar-refractivity contribution in [2.45, 2.75) is 57.9 Å². The number of urea groups is 1. The lowest BCUT2D eigenvalue weighted by Gasteiger charge is -2.39. The van der Waals surface area contributed by atoms with Crippen LogP contribution in [0.15, 0.2) is 0 Å². The number of carboxylic acid groups (broad SMARTS) is 1.